The number of hydrogen-bond acceptors (Lipinski definition) is 5. The predicted octanol–water partition coefficient (Wildman–Crippen LogP) is 4.66. The van der Waals surface area contributed by atoms with Gasteiger partial charge in [0.1, 0.15) is 11.1 Å². The zero-order chi connectivity index (χ0) is 20.6. The van der Waals surface area contributed by atoms with Gasteiger partial charge in [0.25, 0.3) is 0 Å². The number of alkyl carbamates (subject to hydrolysis) is 1. The van der Waals surface area contributed by atoms with E-state index in [0.29, 0.717) is 12.2 Å². The van der Waals surface area contributed by atoms with Gasteiger partial charge in [-0.1, -0.05) is 0 Å². The van der Waals surface area contributed by atoms with Crippen molar-refractivity contribution in [3.63, 3.8) is 0 Å². The Morgan fingerprint density at radius 3 is 2.79 bits per heavy atom. The maximum absolute atomic E-state index is 12.2. The van der Waals surface area contributed by atoms with Crippen LogP contribution >= 0.6 is 31.9 Å². The number of halogens is 2. The molecule has 3 N–H and O–H groups in total. The number of anilines is 2. The van der Waals surface area contributed by atoms with Crippen LogP contribution in [0.4, 0.5) is 16.4 Å². The Balaban J connectivity index is 1.86. The Kier molecular flexibility index (Phi) is 6.14. The second kappa shape index (κ2) is 8.10. The zero-order valence-electron chi connectivity index (χ0n) is 16.7. The van der Waals surface area contributed by atoms with Crippen molar-refractivity contribution in [3.8, 4) is 0 Å². The summed E-state index contributed by atoms with van der Waals surface area (Å²) >= 11 is 7.07. The molecule has 1 fully saturated rings. The molecule has 2 aromatic rings. The van der Waals surface area contributed by atoms with Crippen LogP contribution in [0.15, 0.2) is 15.0 Å². The summed E-state index contributed by atoms with van der Waals surface area (Å²) in [6.07, 6.45) is 1.51. The standard InChI is InChI=1S/C19H27Br2N5O2/c1-5-26-13-9-12(20)14(21)15(22)16(13)24-17(26)25-8-6-7-11(10-25)23-18(27)28-19(2,3)4/h9,11H,5-8,10,22H2,1-4H3,(H,23,27). The summed E-state index contributed by atoms with van der Waals surface area (Å²) in [5, 5.41) is 3.00. The van der Waals surface area contributed by atoms with Gasteiger partial charge in [0.2, 0.25) is 5.95 Å². The molecule has 0 aliphatic carbocycles. The van der Waals surface area contributed by atoms with Crippen LogP contribution in [0, 0.1) is 0 Å². The summed E-state index contributed by atoms with van der Waals surface area (Å²) in [6, 6.07) is 2.06. The van der Waals surface area contributed by atoms with Gasteiger partial charge in [0, 0.05) is 30.1 Å². The fourth-order valence-electron chi connectivity index (χ4n) is 3.52. The van der Waals surface area contributed by atoms with Crippen LogP contribution in [0.5, 0.6) is 0 Å². The summed E-state index contributed by atoms with van der Waals surface area (Å²) < 4.78 is 9.29. The average Bonchev–Trinajstić information content (AvgIpc) is 2.96. The van der Waals surface area contributed by atoms with Gasteiger partial charge in [-0.25, -0.2) is 9.78 Å². The molecule has 1 aliphatic heterocycles. The topological polar surface area (TPSA) is 85.4 Å². The molecular weight excluding hydrogens is 490 g/mol. The summed E-state index contributed by atoms with van der Waals surface area (Å²) in [7, 11) is 0. The van der Waals surface area contributed by atoms with Crippen LogP contribution in [-0.2, 0) is 11.3 Å². The number of nitrogen functional groups attached to an aromatic ring is 1. The Labute approximate surface area is 182 Å². The van der Waals surface area contributed by atoms with Gasteiger partial charge < -0.3 is 25.3 Å². The molecule has 1 unspecified atom stereocenters. The van der Waals surface area contributed by atoms with Crippen molar-refractivity contribution in [2.45, 2.75) is 58.7 Å². The SMILES string of the molecule is CCn1c(N2CCCC(NC(=O)OC(C)(C)C)C2)nc2c(N)c(Br)c(Br)cc21. The lowest BCUT2D eigenvalue weighted by molar-refractivity contribution is 0.0500. The van der Waals surface area contributed by atoms with E-state index in [1.54, 1.807) is 0 Å². The molecule has 1 atom stereocenters. The summed E-state index contributed by atoms with van der Waals surface area (Å²) in [5.41, 5.74) is 8.19. The average molecular weight is 517 g/mol. The lowest BCUT2D eigenvalue weighted by Gasteiger charge is -2.34. The van der Waals surface area contributed by atoms with Gasteiger partial charge in [0.15, 0.2) is 0 Å². The third-order valence-electron chi connectivity index (χ3n) is 4.69. The quantitative estimate of drug-likeness (QED) is 0.579. The largest absolute Gasteiger partial charge is 0.444 e. The Morgan fingerprint density at radius 2 is 2.14 bits per heavy atom. The monoisotopic (exact) mass is 515 g/mol. The molecule has 9 heteroatoms. The van der Waals surface area contributed by atoms with Crippen LogP contribution in [0.25, 0.3) is 11.0 Å². The Bertz CT molecular complexity index is 891. The van der Waals surface area contributed by atoms with E-state index in [4.69, 9.17) is 15.5 Å². The molecule has 0 radical (unpaired) electrons. The molecule has 1 aliphatic rings. The highest BCUT2D eigenvalue weighted by atomic mass is 79.9. The van der Waals surface area contributed by atoms with Crippen molar-refractivity contribution in [3.05, 3.63) is 15.0 Å². The molecule has 28 heavy (non-hydrogen) atoms. The lowest BCUT2D eigenvalue weighted by atomic mass is 10.1. The number of piperidine rings is 1. The first kappa shape index (κ1) is 21.2. The van der Waals surface area contributed by atoms with E-state index in [2.05, 4.69) is 53.6 Å². The van der Waals surface area contributed by atoms with Crippen molar-refractivity contribution < 1.29 is 9.53 Å². The van der Waals surface area contributed by atoms with Gasteiger partial charge in [-0.05, 0) is 78.5 Å². The smallest absolute Gasteiger partial charge is 0.407 e. The van der Waals surface area contributed by atoms with E-state index in [0.717, 1.165) is 51.9 Å². The maximum atomic E-state index is 12.2. The first-order valence-electron chi connectivity index (χ1n) is 9.49. The highest BCUT2D eigenvalue weighted by molar-refractivity contribution is 9.13. The molecule has 1 aromatic carbocycles. The van der Waals surface area contributed by atoms with E-state index < -0.39 is 5.60 Å². The van der Waals surface area contributed by atoms with E-state index >= 15 is 0 Å². The molecular formula is C19H27Br2N5O2. The minimum absolute atomic E-state index is 0.0181. The molecule has 3 rings (SSSR count). The number of carbonyl (C=O) groups excluding carboxylic acids is 1. The highest BCUT2D eigenvalue weighted by Crippen LogP contribution is 2.37. The number of hydrogen-bond donors (Lipinski definition) is 2. The van der Waals surface area contributed by atoms with Crippen molar-refractivity contribution in [1.82, 2.24) is 14.9 Å². The number of carbonyl (C=O) groups is 1. The number of imidazole rings is 1. The molecule has 2 heterocycles. The fraction of sp³-hybridized carbons (Fsp3) is 0.579. The van der Waals surface area contributed by atoms with Crippen LogP contribution in [0.1, 0.15) is 40.5 Å². The molecule has 1 amide bonds. The Morgan fingerprint density at radius 1 is 1.43 bits per heavy atom. The van der Waals surface area contributed by atoms with E-state index in [1.165, 1.54) is 0 Å². The number of nitrogens with two attached hydrogens (primary N) is 1. The number of aryl methyl sites for hydroxylation is 1. The molecule has 1 saturated heterocycles. The molecule has 0 spiro atoms. The van der Waals surface area contributed by atoms with Crippen LogP contribution in [-0.4, -0.2) is 40.4 Å². The number of nitrogens with zero attached hydrogens (tertiary/aromatic N) is 3. The number of benzene rings is 1. The van der Waals surface area contributed by atoms with E-state index in [9.17, 15) is 4.79 Å². The van der Waals surface area contributed by atoms with Crippen molar-refractivity contribution in [2.75, 3.05) is 23.7 Å². The van der Waals surface area contributed by atoms with Gasteiger partial charge in [0.05, 0.1) is 15.7 Å². The van der Waals surface area contributed by atoms with Gasteiger partial charge in [-0.3, -0.25) is 0 Å². The van der Waals surface area contributed by atoms with Crippen molar-refractivity contribution in [2.24, 2.45) is 0 Å². The minimum Gasteiger partial charge on any atom is -0.444 e. The maximum Gasteiger partial charge on any atom is 0.407 e. The molecule has 0 bridgehead atoms. The molecule has 1 aromatic heterocycles. The Hall–Kier alpha value is -1.48. The fourth-order valence-corrected chi connectivity index (χ4v) is 4.25. The van der Waals surface area contributed by atoms with Gasteiger partial charge in [-0.15, -0.1) is 0 Å². The van der Waals surface area contributed by atoms with Crippen molar-refractivity contribution in [1.29, 1.82) is 0 Å². The summed E-state index contributed by atoms with van der Waals surface area (Å²) in [6.45, 7) is 10.0. The first-order valence-corrected chi connectivity index (χ1v) is 11.1. The van der Waals surface area contributed by atoms with Crippen LogP contribution in [0.3, 0.4) is 0 Å². The number of ether oxygens (including phenoxy) is 1. The number of aromatic nitrogens is 2. The second-order valence-corrected chi connectivity index (χ2v) is 9.69. The number of amides is 1. The summed E-state index contributed by atoms with van der Waals surface area (Å²) in [4.78, 5) is 19.2. The normalized spacial score (nSPS) is 17.8. The van der Waals surface area contributed by atoms with E-state index in [1.807, 2.05) is 26.8 Å². The number of nitrogens with one attached hydrogen (secondary N) is 1. The van der Waals surface area contributed by atoms with Gasteiger partial charge in [-0.2, -0.15) is 0 Å². The molecule has 0 saturated carbocycles. The third kappa shape index (κ3) is 4.40. The van der Waals surface area contributed by atoms with Gasteiger partial charge >= 0.3 is 6.09 Å². The van der Waals surface area contributed by atoms with E-state index in [-0.39, 0.29) is 12.1 Å². The molecule has 7 nitrogen and oxygen atoms in total. The summed E-state index contributed by atoms with van der Waals surface area (Å²) in [5.74, 6) is 0.880. The predicted molar refractivity (Wildman–Crippen MR) is 120 cm³/mol. The zero-order valence-corrected chi connectivity index (χ0v) is 19.9. The second-order valence-electron chi connectivity index (χ2n) is 8.04. The highest BCUT2D eigenvalue weighted by Gasteiger charge is 2.27. The van der Waals surface area contributed by atoms with Crippen molar-refractivity contribution >= 4 is 60.6 Å². The minimum atomic E-state index is -0.507. The molecule has 154 valence electrons. The number of fused-ring (bicyclic) bond motifs is 1. The number of rotatable bonds is 3. The first-order chi connectivity index (χ1) is 13.1. The van der Waals surface area contributed by atoms with Crippen LogP contribution in [0.2, 0.25) is 0 Å². The third-order valence-corrected chi connectivity index (χ3v) is 6.70. The lowest BCUT2D eigenvalue weighted by Crippen LogP contribution is -2.49. The van der Waals surface area contributed by atoms with Crippen LogP contribution < -0.4 is 16.0 Å².